The van der Waals surface area contributed by atoms with Crippen LogP contribution in [0.4, 0.5) is 0 Å². The van der Waals surface area contributed by atoms with E-state index in [0.717, 1.165) is 37.2 Å². The van der Waals surface area contributed by atoms with Gasteiger partial charge in [-0.1, -0.05) is 18.6 Å². The first-order valence-corrected chi connectivity index (χ1v) is 7.36. The van der Waals surface area contributed by atoms with Gasteiger partial charge in [0, 0.05) is 12.3 Å². The Kier molecular flexibility index (Phi) is 3.55. The molecular weight excluding hydrogens is 256 g/mol. The lowest BCUT2D eigenvalue weighted by Gasteiger charge is -2.38. The molecule has 108 valence electrons. The van der Waals surface area contributed by atoms with Crippen molar-refractivity contribution in [1.82, 2.24) is 0 Å². The van der Waals surface area contributed by atoms with Gasteiger partial charge in [-0.05, 0) is 31.9 Å². The highest BCUT2D eigenvalue weighted by molar-refractivity contribution is 5.69. The zero-order valence-corrected chi connectivity index (χ0v) is 11.8. The van der Waals surface area contributed by atoms with E-state index in [9.17, 15) is 4.79 Å². The summed E-state index contributed by atoms with van der Waals surface area (Å²) in [5, 5.41) is 0. The number of hydrogen-bond donors (Lipinski definition) is 0. The molecule has 0 bridgehead atoms. The summed E-state index contributed by atoms with van der Waals surface area (Å²) >= 11 is 0. The van der Waals surface area contributed by atoms with Crippen LogP contribution in [0, 0.1) is 5.92 Å². The fourth-order valence-corrected chi connectivity index (χ4v) is 3.15. The van der Waals surface area contributed by atoms with E-state index in [4.69, 9.17) is 14.2 Å². The third-order valence-corrected chi connectivity index (χ3v) is 4.08. The lowest BCUT2D eigenvalue weighted by molar-refractivity contribution is -0.167. The molecule has 4 heteroatoms. The second-order valence-corrected chi connectivity index (χ2v) is 5.41. The maximum Gasteiger partial charge on any atom is 0.306 e. The minimum absolute atomic E-state index is 0.0581. The maximum atomic E-state index is 11.8. The second kappa shape index (κ2) is 5.35. The quantitative estimate of drug-likeness (QED) is 0.795. The van der Waals surface area contributed by atoms with E-state index in [2.05, 4.69) is 0 Å². The molecule has 4 nitrogen and oxygen atoms in total. The molecule has 0 saturated heterocycles. The monoisotopic (exact) mass is 276 g/mol. The zero-order chi connectivity index (χ0) is 14.0. The van der Waals surface area contributed by atoms with Crippen molar-refractivity contribution in [2.45, 2.75) is 44.8 Å². The topological polar surface area (TPSA) is 44.8 Å². The van der Waals surface area contributed by atoms with Crippen molar-refractivity contribution in [1.29, 1.82) is 0 Å². The predicted molar refractivity (Wildman–Crippen MR) is 73.6 cm³/mol. The lowest BCUT2D eigenvalue weighted by Crippen LogP contribution is -2.49. The highest BCUT2D eigenvalue weighted by Crippen LogP contribution is 2.48. The Balaban J connectivity index is 1.78. The van der Waals surface area contributed by atoms with Crippen molar-refractivity contribution in [2.24, 2.45) is 5.92 Å². The van der Waals surface area contributed by atoms with Gasteiger partial charge in [-0.25, -0.2) is 0 Å². The molecule has 1 aliphatic carbocycles. The first-order chi connectivity index (χ1) is 9.73. The van der Waals surface area contributed by atoms with Gasteiger partial charge in [0.05, 0.1) is 13.0 Å². The summed E-state index contributed by atoms with van der Waals surface area (Å²) in [5.74, 6) is 0.783. The average Bonchev–Trinajstić information content (AvgIpc) is 2.80. The number of rotatable bonds is 3. The van der Waals surface area contributed by atoms with E-state index in [1.165, 1.54) is 0 Å². The molecule has 1 unspecified atom stereocenters. The molecule has 1 atom stereocenters. The summed E-state index contributed by atoms with van der Waals surface area (Å²) in [4.78, 5) is 11.8. The van der Waals surface area contributed by atoms with Crippen molar-refractivity contribution >= 4 is 5.97 Å². The fraction of sp³-hybridized carbons (Fsp3) is 0.562. The van der Waals surface area contributed by atoms with Crippen molar-refractivity contribution in [3.8, 4) is 11.5 Å². The van der Waals surface area contributed by atoms with E-state index in [0.29, 0.717) is 13.0 Å². The van der Waals surface area contributed by atoms with Crippen LogP contribution < -0.4 is 9.47 Å². The summed E-state index contributed by atoms with van der Waals surface area (Å²) in [6.45, 7) is 2.24. The van der Waals surface area contributed by atoms with Crippen LogP contribution >= 0.6 is 0 Å². The predicted octanol–water partition coefficient (Wildman–Crippen LogP) is 3.30. The summed E-state index contributed by atoms with van der Waals surface area (Å²) < 4.78 is 17.3. The number of esters is 1. The molecule has 1 aliphatic heterocycles. The Labute approximate surface area is 119 Å². The summed E-state index contributed by atoms with van der Waals surface area (Å²) in [6, 6.07) is 7.70. The van der Waals surface area contributed by atoms with Gasteiger partial charge in [0.2, 0.25) is 0 Å². The van der Waals surface area contributed by atoms with E-state index in [1.807, 2.05) is 31.2 Å². The molecule has 3 rings (SSSR count). The maximum absolute atomic E-state index is 11.8. The van der Waals surface area contributed by atoms with Crippen LogP contribution in [0.25, 0.3) is 0 Å². The Morgan fingerprint density at radius 2 is 2.00 bits per heavy atom. The Hall–Kier alpha value is -1.71. The number of para-hydroxylation sites is 2. The molecule has 1 aromatic rings. The molecule has 2 aliphatic rings. The van der Waals surface area contributed by atoms with Gasteiger partial charge < -0.3 is 14.2 Å². The molecule has 1 saturated carbocycles. The molecule has 0 N–H and O–H groups in total. The number of hydrogen-bond acceptors (Lipinski definition) is 4. The minimum Gasteiger partial charge on any atom is -0.466 e. The van der Waals surface area contributed by atoms with Gasteiger partial charge in [0.25, 0.3) is 5.79 Å². The molecule has 1 aromatic carbocycles. The molecule has 1 heterocycles. The normalized spacial score (nSPS) is 22.8. The Bertz CT molecular complexity index is 472. The molecule has 0 radical (unpaired) electrons. The average molecular weight is 276 g/mol. The van der Waals surface area contributed by atoms with Crippen LogP contribution in [0.5, 0.6) is 11.5 Å². The van der Waals surface area contributed by atoms with Gasteiger partial charge in [-0.2, -0.15) is 0 Å². The Morgan fingerprint density at radius 1 is 1.30 bits per heavy atom. The van der Waals surface area contributed by atoms with E-state index in [1.54, 1.807) is 0 Å². The summed E-state index contributed by atoms with van der Waals surface area (Å²) in [6.07, 6.45) is 4.29. The van der Waals surface area contributed by atoms with Crippen LogP contribution in [0.15, 0.2) is 24.3 Å². The van der Waals surface area contributed by atoms with E-state index < -0.39 is 5.79 Å². The van der Waals surface area contributed by atoms with Crippen molar-refractivity contribution in [3.63, 3.8) is 0 Å². The van der Waals surface area contributed by atoms with Crippen LogP contribution in [-0.2, 0) is 9.53 Å². The third kappa shape index (κ3) is 2.35. The van der Waals surface area contributed by atoms with Crippen LogP contribution in [-0.4, -0.2) is 18.4 Å². The van der Waals surface area contributed by atoms with Gasteiger partial charge in [0.1, 0.15) is 0 Å². The second-order valence-electron chi connectivity index (χ2n) is 5.41. The van der Waals surface area contributed by atoms with Crippen LogP contribution in [0.3, 0.4) is 0 Å². The number of ether oxygens (including phenoxy) is 3. The highest BCUT2D eigenvalue weighted by atomic mass is 16.7. The molecule has 0 aromatic heterocycles. The van der Waals surface area contributed by atoms with E-state index in [-0.39, 0.29) is 11.9 Å². The summed E-state index contributed by atoms with van der Waals surface area (Å²) in [5.41, 5.74) is 0. The van der Waals surface area contributed by atoms with Crippen LogP contribution in [0.2, 0.25) is 0 Å². The molecule has 1 fully saturated rings. The molecule has 0 amide bonds. The summed E-state index contributed by atoms with van der Waals surface area (Å²) in [7, 11) is 0. The number of carbonyl (C=O) groups is 1. The number of carbonyl (C=O) groups excluding carboxylic acids is 1. The van der Waals surface area contributed by atoms with Gasteiger partial charge in [-0.3, -0.25) is 4.79 Å². The van der Waals surface area contributed by atoms with Gasteiger partial charge in [0.15, 0.2) is 11.5 Å². The number of benzene rings is 1. The highest BCUT2D eigenvalue weighted by Gasteiger charge is 2.50. The van der Waals surface area contributed by atoms with Crippen LogP contribution in [0.1, 0.15) is 39.0 Å². The van der Waals surface area contributed by atoms with Crippen molar-refractivity contribution in [3.05, 3.63) is 24.3 Å². The zero-order valence-electron chi connectivity index (χ0n) is 11.8. The molecular formula is C16H20O4. The smallest absolute Gasteiger partial charge is 0.306 e. The Morgan fingerprint density at radius 3 is 2.65 bits per heavy atom. The van der Waals surface area contributed by atoms with Crippen molar-refractivity contribution < 1.29 is 19.0 Å². The fourth-order valence-electron chi connectivity index (χ4n) is 3.15. The first-order valence-electron chi connectivity index (χ1n) is 7.36. The third-order valence-electron chi connectivity index (χ3n) is 4.08. The van der Waals surface area contributed by atoms with E-state index >= 15 is 0 Å². The van der Waals surface area contributed by atoms with Crippen molar-refractivity contribution in [2.75, 3.05) is 6.61 Å². The lowest BCUT2D eigenvalue weighted by atomic mass is 9.81. The largest absolute Gasteiger partial charge is 0.466 e. The van der Waals surface area contributed by atoms with Gasteiger partial charge >= 0.3 is 5.97 Å². The van der Waals surface area contributed by atoms with Gasteiger partial charge in [-0.15, -0.1) is 0 Å². The first kappa shape index (κ1) is 13.3. The standard InChI is InChI=1S/C16H20O4/c1-2-18-15(17)11-12-7-5-6-10-16(12)19-13-8-3-4-9-14(13)20-16/h3-4,8-9,12H,2,5-7,10-11H2,1H3. The number of fused-ring (bicyclic) bond motifs is 1. The SMILES string of the molecule is CCOC(=O)CC1CCCCC12Oc1ccccc1O2. The minimum atomic E-state index is -0.672. The molecule has 20 heavy (non-hydrogen) atoms. The molecule has 1 spiro atoms.